The molecular formula is C26H20BrNO. The number of nitrogens with zero attached hydrogens (tertiary/aromatic N) is 1. The molecule has 1 aliphatic rings. The SMILES string of the molecule is Brc1cccc2c1OCN2C(c1ccccc1)(c1ccccc1)c1ccccc1. The highest BCUT2D eigenvalue weighted by Gasteiger charge is 2.45. The van der Waals surface area contributed by atoms with Crippen molar-refractivity contribution in [1.82, 2.24) is 0 Å². The summed E-state index contributed by atoms with van der Waals surface area (Å²) in [5, 5.41) is 0. The molecule has 0 N–H and O–H groups in total. The minimum Gasteiger partial charge on any atom is -0.470 e. The molecule has 0 radical (unpaired) electrons. The highest BCUT2D eigenvalue weighted by Crippen LogP contribution is 2.50. The van der Waals surface area contributed by atoms with E-state index in [4.69, 9.17) is 4.74 Å². The second-order valence-corrected chi connectivity index (χ2v) is 7.95. The molecule has 0 bridgehead atoms. The number of hydrogen-bond acceptors (Lipinski definition) is 2. The largest absolute Gasteiger partial charge is 0.470 e. The van der Waals surface area contributed by atoms with Crippen LogP contribution in [0.3, 0.4) is 0 Å². The first-order valence-electron chi connectivity index (χ1n) is 9.67. The molecule has 1 aliphatic heterocycles. The van der Waals surface area contributed by atoms with E-state index in [9.17, 15) is 0 Å². The van der Waals surface area contributed by atoms with E-state index in [-0.39, 0.29) is 0 Å². The second kappa shape index (κ2) is 7.41. The Hall–Kier alpha value is -3.04. The molecule has 4 aromatic rings. The highest BCUT2D eigenvalue weighted by atomic mass is 79.9. The molecule has 0 aliphatic carbocycles. The molecular weight excluding hydrogens is 422 g/mol. The van der Waals surface area contributed by atoms with Gasteiger partial charge in [0.15, 0.2) is 12.5 Å². The standard InChI is InChI=1S/C26H20BrNO/c27-23-17-10-18-24-25(23)29-19-28(24)26(20-11-4-1-5-12-20,21-13-6-2-7-14-21)22-15-8-3-9-16-22/h1-18H,19H2. The molecule has 0 saturated carbocycles. The van der Waals surface area contributed by atoms with E-state index in [0.717, 1.165) is 15.9 Å². The Labute approximate surface area is 179 Å². The van der Waals surface area contributed by atoms with Gasteiger partial charge in [0, 0.05) is 0 Å². The lowest BCUT2D eigenvalue weighted by Crippen LogP contribution is -2.48. The van der Waals surface area contributed by atoms with Crippen LogP contribution in [0.2, 0.25) is 0 Å². The quantitative estimate of drug-likeness (QED) is 0.330. The summed E-state index contributed by atoms with van der Waals surface area (Å²) in [7, 11) is 0. The molecule has 5 rings (SSSR count). The first-order valence-corrected chi connectivity index (χ1v) is 10.5. The van der Waals surface area contributed by atoms with E-state index in [1.165, 1.54) is 16.7 Å². The van der Waals surface area contributed by atoms with Gasteiger partial charge in [-0.1, -0.05) is 97.1 Å². The van der Waals surface area contributed by atoms with Crippen LogP contribution in [0.5, 0.6) is 5.75 Å². The molecule has 0 amide bonds. The second-order valence-electron chi connectivity index (χ2n) is 7.10. The van der Waals surface area contributed by atoms with Gasteiger partial charge in [-0.25, -0.2) is 0 Å². The fourth-order valence-electron chi connectivity index (χ4n) is 4.33. The highest BCUT2D eigenvalue weighted by molar-refractivity contribution is 9.10. The van der Waals surface area contributed by atoms with Crippen molar-refractivity contribution in [3.63, 3.8) is 0 Å². The summed E-state index contributed by atoms with van der Waals surface area (Å²) in [4.78, 5) is 2.37. The minimum absolute atomic E-state index is 0.469. The van der Waals surface area contributed by atoms with Crippen LogP contribution in [-0.2, 0) is 5.54 Å². The Morgan fingerprint density at radius 2 is 1.10 bits per heavy atom. The van der Waals surface area contributed by atoms with E-state index in [0.29, 0.717) is 6.73 Å². The Kier molecular flexibility index (Phi) is 4.61. The van der Waals surface area contributed by atoms with Crippen molar-refractivity contribution in [2.24, 2.45) is 0 Å². The Morgan fingerprint density at radius 1 is 0.621 bits per heavy atom. The van der Waals surface area contributed by atoms with Gasteiger partial charge in [0.2, 0.25) is 0 Å². The maximum atomic E-state index is 6.19. The van der Waals surface area contributed by atoms with Gasteiger partial charge >= 0.3 is 0 Å². The summed E-state index contributed by atoms with van der Waals surface area (Å²) in [6, 6.07) is 38.3. The molecule has 0 atom stereocenters. The molecule has 29 heavy (non-hydrogen) atoms. The van der Waals surface area contributed by atoms with E-state index in [1.54, 1.807) is 0 Å². The lowest BCUT2D eigenvalue weighted by atomic mass is 9.75. The van der Waals surface area contributed by atoms with E-state index < -0.39 is 5.54 Å². The number of anilines is 1. The number of fused-ring (bicyclic) bond motifs is 1. The Morgan fingerprint density at radius 3 is 1.59 bits per heavy atom. The number of para-hydroxylation sites is 1. The molecule has 0 fully saturated rings. The molecule has 0 spiro atoms. The molecule has 1 heterocycles. The van der Waals surface area contributed by atoms with Crippen LogP contribution in [0, 0.1) is 0 Å². The van der Waals surface area contributed by atoms with Crippen molar-refractivity contribution in [1.29, 1.82) is 0 Å². The smallest absolute Gasteiger partial charge is 0.163 e. The number of benzene rings is 4. The molecule has 0 saturated heterocycles. The number of rotatable bonds is 4. The van der Waals surface area contributed by atoms with Crippen LogP contribution in [0.4, 0.5) is 5.69 Å². The van der Waals surface area contributed by atoms with Gasteiger partial charge in [-0.2, -0.15) is 0 Å². The van der Waals surface area contributed by atoms with Gasteiger partial charge < -0.3 is 9.64 Å². The monoisotopic (exact) mass is 441 g/mol. The first-order chi connectivity index (χ1) is 14.3. The molecule has 142 valence electrons. The van der Waals surface area contributed by atoms with Gasteiger partial charge in [-0.3, -0.25) is 0 Å². The van der Waals surface area contributed by atoms with Crippen molar-refractivity contribution in [3.8, 4) is 5.75 Å². The average molecular weight is 442 g/mol. The van der Waals surface area contributed by atoms with Crippen molar-refractivity contribution in [2.75, 3.05) is 11.6 Å². The Balaban J connectivity index is 1.87. The third kappa shape index (κ3) is 2.85. The van der Waals surface area contributed by atoms with Gasteiger partial charge in [-0.05, 0) is 44.8 Å². The van der Waals surface area contributed by atoms with Crippen molar-refractivity contribution in [2.45, 2.75) is 5.54 Å². The van der Waals surface area contributed by atoms with Crippen LogP contribution in [0.15, 0.2) is 114 Å². The average Bonchev–Trinajstić information content (AvgIpc) is 3.23. The van der Waals surface area contributed by atoms with E-state index >= 15 is 0 Å². The van der Waals surface area contributed by atoms with Crippen LogP contribution < -0.4 is 9.64 Å². The molecule has 2 nitrogen and oxygen atoms in total. The minimum atomic E-state index is -0.518. The van der Waals surface area contributed by atoms with Crippen LogP contribution >= 0.6 is 15.9 Å². The number of ether oxygens (including phenoxy) is 1. The zero-order valence-corrected chi connectivity index (χ0v) is 17.4. The predicted octanol–water partition coefficient (Wildman–Crippen LogP) is 6.60. The summed E-state index contributed by atoms with van der Waals surface area (Å²) in [6.45, 7) is 0.469. The normalized spacial score (nSPS) is 13.1. The van der Waals surface area contributed by atoms with Gasteiger partial charge in [0.25, 0.3) is 0 Å². The maximum absolute atomic E-state index is 6.19. The van der Waals surface area contributed by atoms with Crippen molar-refractivity contribution in [3.05, 3.63) is 130 Å². The molecule has 4 aromatic carbocycles. The van der Waals surface area contributed by atoms with Gasteiger partial charge in [-0.15, -0.1) is 0 Å². The Bertz CT molecular complexity index is 1020. The van der Waals surface area contributed by atoms with Crippen LogP contribution in [0.1, 0.15) is 16.7 Å². The summed E-state index contributed by atoms with van der Waals surface area (Å²) >= 11 is 3.66. The van der Waals surface area contributed by atoms with Gasteiger partial charge in [0.1, 0.15) is 5.54 Å². The number of hydrogen-bond donors (Lipinski definition) is 0. The van der Waals surface area contributed by atoms with Gasteiger partial charge in [0.05, 0.1) is 10.2 Å². The summed E-state index contributed by atoms with van der Waals surface area (Å²) in [5.74, 6) is 0.889. The fourth-order valence-corrected chi connectivity index (χ4v) is 4.80. The predicted molar refractivity (Wildman–Crippen MR) is 121 cm³/mol. The third-order valence-electron chi connectivity index (χ3n) is 5.55. The fraction of sp³-hybridized carbons (Fsp3) is 0.0769. The first kappa shape index (κ1) is 18.0. The van der Waals surface area contributed by atoms with Crippen LogP contribution in [-0.4, -0.2) is 6.73 Å². The zero-order chi connectivity index (χ0) is 19.7. The van der Waals surface area contributed by atoms with Crippen molar-refractivity contribution >= 4 is 21.6 Å². The van der Waals surface area contributed by atoms with E-state index in [2.05, 4.69) is 124 Å². The summed E-state index contributed by atoms with van der Waals surface area (Å²) in [5.41, 5.74) is 4.17. The topological polar surface area (TPSA) is 12.5 Å². The van der Waals surface area contributed by atoms with Crippen LogP contribution in [0.25, 0.3) is 0 Å². The zero-order valence-electron chi connectivity index (χ0n) is 15.8. The summed E-state index contributed by atoms with van der Waals surface area (Å²) in [6.07, 6.45) is 0. The lowest BCUT2D eigenvalue weighted by molar-refractivity contribution is 0.323. The summed E-state index contributed by atoms with van der Waals surface area (Å²) < 4.78 is 7.16. The molecule has 0 unspecified atom stereocenters. The molecule has 3 heteroatoms. The van der Waals surface area contributed by atoms with Crippen molar-refractivity contribution < 1.29 is 4.74 Å². The van der Waals surface area contributed by atoms with E-state index in [1.807, 2.05) is 6.07 Å². The third-order valence-corrected chi connectivity index (χ3v) is 6.18. The number of halogens is 1. The maximum Gasteiger partial charge on any atom is 0.163 e. The molecule has 0 aromatic heterocycles. The lowest BCUT2D eigenvalue weighted by Gasteiger charge is -2.44.